The van der Waals surface area contributed by atoms with E-state index in [0.29, 0.717) is 25.7 Å². The van der Waals surface area contributed by atoms with E-state index in [0.717, 1.165) is 32.1 Å². The number of fused-ring (bicyclic) bond motifs is 7. The molecule has 0 amide bonds. The van der Waals surface area contributed by atoms with Crippen molar-refractivity contribution in [3.05, 3.63) is 11.6 Å². The second-order valence-electron chi connectivity index (χ2n) is 14.9. The van der Waals surface area contributed by atoms with Crippen LogP contribution < -0.4 is 0 Å². The molecule has 0 aromatic rings. The lowest BCUT2D eigenvalue weighted by atomic mass is 9.33. The predicted octanol–water partition coefficient (Wildman–Crippen LogP) is 4.15. The molecule has 0 spiro atoms. The summed E-state index contributed by atoms with van der Waals surface area (Å²) in [4.78, 5) is 12.8. The van der Waals surface area contributed by atoms with E-state index in [2.05, 4.69) is 33.8 Å². The molecule has 0 heterocycles. The number of hydrogen-bond acceptors (Lipinski definition) is 5. The van der Waals surface area contributed by atoms with Gasteiger partial charge in [0.2, 0.25) is 0 Å². The van der Waals surface area contributed by atoms with Crippen molar-refractivity contribution in [2.45, 2.75) is 105 Å². The lowest BCUT2D eigenvalue weighted by Crippen LogP contribution is -2.68. The number of allylic oxidation sites excluding steroid dienone is 2. The van der Waals surface area contributed by atoms with E-state index in [1.54, 1.807) is 0 Å². The Morgan fingerprint density at radius 2 is 1.58 bits per heavy atom. The molecule has 6 heteroatoms. The second-order valence-corrected chi connectivity index (χ2v) is 14.9. The van der Waals surface area contributed by atoms with Crippen molar-refractivity contribution in [3.8, 4) is 0 Å². The lowest BCUT2D eigenvalue weighted by Gasteiger charge is -2.71. The minimum Gasteiger partial charge on any atom is -0.481 e. The summed E-state index contributed by atoms with van der Waals surface area (Å²) in [6, 6.07) is 0. The van der Waals surface area contributed by atoms with Gasteiger partial charge in [-0.1, -0.05) is 46.3 Å². The first-order valence-electron chi connectivity index (χ1n) is 14.2. The maximum atomic E-state index is 12.8. The summed E-state index contributed by atoms with van der Waals surface area (Å²) in [5.41, 5.74) is -0.896. The van der Waals surface area contributed by atoms with Crippen molar-refractivity contribution in [1.29, 1.82) is 0 Å². The molecule has 5 N–H and O–H groups in total. The molecule has 0 radical (unpaired) electrons. The maximum absolute atomic E-state index is 12.8. The van der Waals surface area contributed by atoms with Gasteiger partial charge in [-0.15, -0.1) is 0 Å². The molecule has 4 saturated carbocycles. The summed E-state index contributed by atoms with van der Waals surface area (Å²) in [6.45, 7) is 11.0. The van der Waals surface area contributed by atoms with Gasteiger partial charge in [0, 0.05) is 12.0 Å². The number of aliphatic hydroxyl groups excluding tert-OH is 4. The van der Waals surface area contributed by atoms with E-state index >= 15 is 0 Å². The van der Waals surface area contributed by atoms with Crippen LogP contribution >= 0.6 is 0 Å². The summed E-state index contributed by atoms with van der Waals surface area (Å²) in [7, 11) is 0. The van der Waals surface area contributed by atoms with Crippen molar-refractivity contribution >= 4 is 5.97 Å². The molecular formula is C30H48O6. The Morgan fingerprint density at radius 1 is 0.917 bits per heavy atom. The molecule has 2 unspecified atom stereocenters. The van der Waals surface area contributed by atoms with Crippen LogP contribution in [0.4, 0.5) is 0 Å². The van der Waals surface area contributed by atoms with Crippen LogP contribution in [0.3, 0.4) is 0 Å². The summed E-state index contributed by atoms with van der Waals surface area (Å²) in [6.07, 6.45) is 7.37. The SMILES string of the molecule is C[C@@]1(CO)CC[C@]2(C(=O)O)CC[C@]3(C)C(=CC[C@@H]4[C@@]5(C)CC(O)C(O)[C@@](C)(CO)[C@@H]5CC[C@]43C)[C@@H]2C1. The molecule has 204 valence electrons. The quantitative estimate of drug-likeness (QED) is 0.369. The third kappa shape index (κ3) is 3.08. The average molecular weight is 505 g/mol. The van der Waals surface area contributed by atoms with E-state index in [4.69, 9.17) is 0 Å². The topological polar surface area (TPSA) is 118 Å². The van der Waals surface area contributed by atoms with Crippen LogP contribution in [0.15, 0.2) is 11.6 Å². The smallest absolute Gasteiger partial charge is 0.310 e. The van der Waals surface area contributed by atoms with Gasteiger partial charge >= 0.3 is 5.97 Å². The van der Waals surface area contributed by atoms with Gasteiger partial charge in [-0.2, -0.15) is 0 Å². The first-order valence-corrected chi connectivity index (χ1v) is 14.2. The van der Waals surface area contributed by atoms with Gasteiger partial charge in [-0.25, -0.2) is 0 Å². The molecule has 0 aliphatic heterocycles. The second kappa shape index (κ2) is 8.03. The molecule has 11 atom stereocenters. The predicted molar refractivity (Wildman–Crippen MR) is 137 cm³/mol. The fourth-order valence-corrected chi connectivity index (χ4v) is 10.8. The van der Waals surface area contributed by atoms with E-state index in [1.165, 1.54) is 5.57 Å². The fourth-order valence-electron chi connectivity index (χ4n) is 10.8. The first-order chi connectivity index (χ1) is 16.7. The fraction of sp³-hybridized carbons (Fsp3) is 0.900. The molecule has 0 aromatic heterocycles. The van der Waals surface area contributed by atoms with Crippen molar-refractivity contribution in [3.63, 3.8) is 0 Å². The van der Waals surface area contributed by atoms with Gasteiger partial charge in [0.15, 0.2) is 0 Å². The Hall–Kier alpha value is -0.950. The van der Waals surface area contributed by atoms with E-state index < -0.39 is 29.0 Å². The molecule has 36 heavy (non-hydrogen) atoms. The standard InChI is InChI=1S/C30H48O6/c1-25(16-31)10-12-30(24(35)36)13-11-28(4)18(19(30)14-25)6-7-22-26(2)15-20(33)23(34)27(3,17-32)21(26)8-9-29(22,28)5/h6,19-23,31-34H,7-17H2,1-5H3,(H,35,36)/t19-,20?,21+,22+,23?,25+,26-,27-,28+,29+,30-/m0/s1. The molecular weight excluding hydrogens is 456 g/mol. The minimum atomic E-state index is -0.931. The van der Waals surface area contributed by atoms with Crippen LogP contribution in [0.2, 0.25) is 0 Å². The maximum Gasteiger partial charge on any atom is 0.310 e. The number of aliphatic carboxylic acids is 1. The van der Waals surface area contributed by atoms with Crippen molar-refractivity contribution in [1.82, 2.24) is 0 Å². The van der Waals surface area contributed by atoms with Gasteiger partial charge in [-0.05, 0) is 97.2 Å². The van der Waals surface area contributed by atoms with E-state index in [1.807, 2.05) is 6.92 Å². The van der Waals surface area contributed by atoms with Crippen molar-refractivity contribution in [2.75, 3.05) is 13.2 Å². The molecule has 0 aromatic carbocycles. The van der Waals surface area contributed by atoms with Crippen LogP contribution in [0.25, 0.3) is 0 Å². The van der Waals surface area contributed by atoms with Gasteiger partial charge in [0.05, 0.1) is 24.2 Å². The van der Waals surface area contributed by atoms with E-state index in [-0.39, 0.29) is 52.6 Å². The Labute approximate surface area is 216 Å². The van der Waals surface area contributed by atoms with Crippen molar-refractivity contribution < 1.29 is 30.3 Å². The highest BCUT2D eigenvalue weighted by Crippen LogP contribution is 2.75. The van der Waals surface area contributed by atoms with Crippen LogP contribution in [-0.4, -0.2) is 56.9 Å². The number of rotatable bonds is 3. The zero-order chi connectivity index (χ0) is 26.5. The first kappa shape index (κ1) is 26.6. The Kier molecular flexibility index (Phi) is 5.95. The average Bonchev–Trinajstić information content (AvgIpc) is 2.83. The van der Waals surface area contributed by atoms with Crippen LogP contribution in [0.5, 0.6) is 0 Å². The minimum absolute atomic E-state index is 0.0653. The molecule has 0 saturated heterocycles. The Balaban J connectivity index is 1.61. The lowest BCUT2D eigenvalue weighted by molar-refractivity contribution is -0.243. The highest BCUT2D eigenvalue weighted by molar-refractivity contribution is 5.76. The Morgan fingerprint density at radius 3 is 2.19 bits per heavy atom. The number of aliphatic hydroxyl groups is 4. The Bertz CT molecular complexity index is 963. The summed E-state index contributed by atoms with van der Waals surface area (Å²) in [5, 5.41) is 53.1. The molecule has 0 bridgehead atoms. The van der Waals surface area contributed by atoms with Gasteiger partial charge in [-0.3, -0.25) is 4.79 Å². The third-order valence-electron chi connectivity index (χ3n) is 13.4. The number of carboxylic acids is 1. The highest BCUT2D eigenvalue weighted by Gasteiger charge is 2.70. The summed E-state index contributed by atoms with van der Waals surface area (Å²) < 4.78 is 0. The van der Waals surface area contributed by atoms with Gasteiger partial charge in [0.25, 0.3) is 0 Å². The van der Waals surface area contributed by atoms with Crippen LogP contribution in [0, 0.1) is 50.2 Å². The summed E-state index contributed by atoms with van der Waals surface area (Å²) >= 11 is 0. The van der Waals surface area contributed by atoms with Gasteiger partial charge in [0.1, 0.15) is 0 Å². The molecule has 6 nitrogen and oxygen atoms in total. The largest absolute Gasteiger partial charge is 0.481 e. The normalized spacial score (nSPS) is 56.5. The molecule has 4 fully saturated rings. The van der Waals surface area contributed by atoms with Crippen molar-refractivity contribution in [2.24, 2.45) is 50.2 Å². The molecule has 5 rings (SSSR count). The number of carbonyl (C=O) groups is 1. The summed E-state index contributed by atoms with van der Waals surface area (Å²) in [5.74, 6) is -0.360. The number of carboxylic acid groups (broad SMARTS) is 1. The van der Waals surface area contributed by atoms with Crippen LogP contribution in [0.1, 0.15) is 92.4 Å². The zero-order valence-corrected chi connectivity index (χ0v) is 22.9. The highest BCUT2D eigenvalue weighted by atomic mass is 16.4. The van der Waals surface area contributed by atoms with Gasteiger partial charge < -0.3 is 25.5 Å². The van der Waals surface area contributed by atoms with E-state index in [9.17, 15) is 30.3 Å². The molecule has 5 aliphatic carbocycles. The number of hydrogen-bond donors (Lipinski definition) is 5. The van der Waals surface area contributed by atoms with Crippen LogP contribution in [-0.2, 0) is 4.79 Å². The monoisotopic (exact) mass is 504 g/mol. The third-order valence-corrected chi connectivity index (χ3v) is 13.4. The molecule has 5 aliphatic rings. The zero-order valence-electron chi connectivity index (χ0n) is 22.9.